The van der Waals surface area contributed by atoms with Gasteiger partial charge < -0.3 is 10.4 Å². The van der Waals surface area contributed by atoms with Crippen molar-refractivity contribution in [1.29, 1.82) is 0 Å². The number of nitrogens with one attached hydrogen (secondary N) is 1. The fourth-order valence-electron chi connectivity index (χ4n) is 1.46. The van der Waals surface area contributed by atoms with Gasteiger partial charge in [-0.05, 0) is 24.1 Å². The highest BCUT2D eigenvalue weighted by molar-refractivity contribution is 6.30. The van der Waals surface area contributed by atoms with Gasteiger partial charge in [-0.1, -0.05) is 30.7 Å². The maximum absolute atomic E-state index is 8.72. The van der Waals surface area contributed by atoms with Crippen LogP contribution in [0, 0.1) is 0 Å². The number of rotatable bonds is 5. The summed E-state index contributed by atoms with van der Waals surface area (Å²) in [6.45, 7) is 2.89. The van der Waals surface area contributed by atoms with Crippen LogP contribution >= 0.6 is 11.6 Å². The first-order valence-electron chi connectivity index (χ1n) is 4.87. The standard InChI is InChI=1S/C11H16ClNO/c1-2-11(13-6-7-14)9-4-3-5-10(12)8-9/h3-5,8,11,13-14H,2,6-7H2,1H3. The van der Waals surface area contributed by atoms with E-state index in [2.05, 4.69) is 12.2 Å². The predicted molar refractivity (Wildman–Crippen MR) is 59.6 cm³/mol. The minimum atomic E-state index is 0.164. The van der Waals surface area contributed by atoms with Crippen molar-refractivity contribution in [2.24, 2.45) is 0 Å². The molecule has 0 saturated heterocycles. The third-order valence-corrected chi connectivity index (χ3v) is 2.40. The summed E-state index contributed by atoms with van der Waals surface area (Å²) in [5.41, 5.74) is 1.17. The predicted octanol–water partition coefficient (Wildman–Crippen LogP) is 2.37. The van der Waals surface area contributed by atoms with Gasteiger partial charge in [0, 0.05) is 17.6 Å². The van der Waals surface area contributed by atoms with E-state index >= 15 is 0 Å². The topological polar surface area (TPSA) is 32.3 Å². The number of benzene rings is 1. The highest BCUT2D eigenvalue weighted by atomic mass is 35.5. The zero-order valence-electron chi connectivity index (χ0n) is 8.33. The highest BCUT2D eigenvalue weighted by Gasteiger charge is 2.07. The summed E-state index contributed by atoms with van der Waals surface area (Å²) in [7, 11) is 0. The van der Waals surface area contributed by atoms with Gasteiger partial charge in [0.05, 0.1) is 6.61 Å². The number of aliphatic hydroxyl groups is 1. The normalized spacial score (nSPS) is 12.8. The average Bonchev–Trinajstić information content (AvgIpc) is 2.19. The second-order valence-electron chi connectivity index (χ2n) is 3.19. The Hall–Kier alpha value is -0.570. The van der Waals surface area contributed by atoms with Gasteiger partial charge in [0.15, 0.2) is 0 Å². The smallest absolute Gasteiger partial charge is 0.0556 e. The Balaban J connectivity index is 2.68. The molecule has 78 valence electrons. The monoisotopic (exact) mass is 213 g/mol. The van der Waals surface area contributed by atoms with Crippen LogP contribution in [0.5, 0.6) is 0 Å². The number of hydrogen-bond acceptors (Lipinski definition) is 2. The highest BCUT2D eigenvalue weighted by Crippen LogP contribution is 2.19. The quantitative estimate of drug-likeness (QED) is 0.787. The molecule has 2 N–H and O–H groups in total. The van der Waals surface area contributed by atoms with E-state index in [0.29, 0.717) is 6.54 Å². The van der Waals surface area contributed by atoms with E-state index < -0.39 is 0 Å². The molecule has 0 saturated carbocycles. The molecule has 1 atom stereocenters. The van der Waals surface area contributed by atoms with E-state index in [1.54, 1.807) is 0 Å². The van der Waals surface area contributed by atoms with Gasteiger partial charge in [0.1, 0.15) is 0 Å². The summed E-state index contributed by atoms with van der Waals surface area (Å²) in [4.78, 5) is 0. The molecular weight excluding hydrogens is 198 g/mol. The third-order valence-electron chi connectivity index (χ3n) is 2.16. The largest absolute Gasteiger partial charge is 0.395 e. The Morgan fingerprint density at radius 2 is 2.29 bits per heavy atom. The molecule has 1 rings (SSSR count). The van der Waals surface area contributed by atoms with Crippen molar-refractivity contribution in [3.63, 3.8) is 0 Å². The van der Waals surface area contributed by atoms with Crippen LogP contribution in [-0.2, 0) is 0 Å². The van der Waals surface area contributed by atoms with Crippen molar-refractivity contribution in [3.05, 3.63) is 34.9 Å². The van der Waals surface area contributed by atoms with E-state index in [1.807, 2.05) is 24.3 Å². The van der Waals surface area contributed by atoms with Crippen LogP contribution in [0.4, 0.5) is 0 Å². The molecule has 1 aromatic rings. The first kappa shape index (κ1) is 11.5. The van der Waals surface area contributed by atoms with Gasteiger partial charge >= 0.3 is 0 Å². The van der Waals surface area contributed by atoms with E-state index in [0.717, 1.165) is 11.4 Å². The molecule has 1 unspecified atom stereocenters. The summed E-state index contributed by atoms with van der Waals surface area (Å²) < 4.78 is 0. The van der Waals surface area contributed by atoms with Crippen molar-refractivity contribution >= 4 is 11.6 Å². The molecule has 0 aliphatic rings. The molecule has 0 radical (unpaired) electrons. The van der Waals surface area contributed by atoms with Crippen molar-refractivity contribution in [2.45, 2.75) is 19.4 Å². The molecule has 0 amide bonds. The first-order chi connectivity index (χ1) is 6.77. The van der Waals surface area contributed by atoms with Crippen LogP contribution in [0.15, 0.2) is 24.3 Å². The molecule has 0 fully saturated rings. The SMILES string of the molecule is CCC(NCCO)c1cccc(Cl)c1. The molecule has 0 bridgehead atoms. The third kappa shape index (κ3) is 3.29. The molecule has 0 aromatic heterocycles. The second kappa shape index (κ2) is 6.02. The minimum absolute atomic E-state index is 0.164. The first-order valence-corrected chi connectivity index (χ1v) is 5.25. The maximum Gasteiger partial charge on any atom is 0.0556 e. The molecule has 0 aliphatic heterocycles. The molecule has 14 heavy (non-hydrogen) atoms. The Morgan fingerprint density at radius 1 is 1.50 bits per heavy atom. The summed E-state index contributed by atoms with van der Waals surface area (Å²) in [6.07, 6.45) is 0.986. The van der Waals surface area contributed by atoms with Crippen molar-refractivity contribution in [2.75, 3.05) is 13.2 Å². The number of halogens is 1. The van der Waals surface area contributed by atoms with Crippen LogP contribution in [-0.4, -0.2) is 18.3 Å². The lowest BCUT2D eigenvalue weighted by Gasteiger charge is -2.16. The van der Waals surface area contributed by atoms with E-state index in [-0.39, 0.29) is 12.6 Å². The second-order valence-corrected chi connectivity index (χ2v) is 3.63. The molecule has 2 nitrogen and oxygen atoms in total. The Morgan fingerprint density at radius 3 is 2.86 bits per heavy atom. The van der Waals surface area contributed by atoms with E-state index in [1.165, 1.54) is 5.56 Å². The van der Waals surface area contributed by atoms with Crippen LogP contribution in [0.25, 0.3) is 0 Å². The Bertz CT molecular complexity index is 278. The molecule has 0 spiro atoms. The molecule has 1 aromatic carbocycles. The van der Waals surface area contributed by atoms with Crippen molar-refractivity contribution in [3.8, 4) is 0 Å². The van der Waals surface area contributed by atoms with Crippen LogP contribution in [0.1, 0.15) is 24.9 Å². The molecular formula is C11H16ClNO. The van der Waals surface area contributed by atoms with Gasteiger partial charge in [0.25, 0.3) is 0 Å². The number of hydrogen-bond donors (Lipinski definition) is 2. The molecule has 0 aliphatic carbocycles. The molecule has 0 heterocycles. The zero-order valence-corrected chi connectivity index (χ0v) is 9.09. The van der Waals surface area contributed by atoms with E-state index in [4.69, 9.17) is 16.7 Å². The van der Waals surface area contributed by atoms with Gasteiger partial charge in [-0.15, -0.1) is 0 Å². The molecule has 3 heteroatoms. The van der Waals surface area contributed by atoms with E-state index in [9.17, 15) is 0 Å². The minimum Gasteiger partial charge on any atom is -0.395 e. The van der Waals surface area contributed by atoms with Crippen molar-refractivity contribution in [1.82, 2.24) is 5.32 Å². The fourth-order valence-corrected chi connectivity index (χ4v) is 1.66. The van der Waals surface area contributed by atoms with Gasteiger partial charge in [-0.3, -0.25) is 0 Å². The average molecular weight is 214 g/mol. The Kier molecular flexibility index (Phi) is 4.94. The number of aliphatic hydroxyl groups excluding tert-OH is 1. The lowest BCUT2D eigenvalue weighted by molar-refractivity contribution is 0.283. The van der Waals surface area contributed by atoms with Crippen LogP contribution < -0.4 is 5.32 Å². The van der Waals surface area contributed by atoms with Gasteiger partial charge in [-0.2, -0.15) is 0 Å². The zero-order chi connectivity index (χ0) is 10.4. The van der Waals surface area contributed by atoms with Gasteiger partial charge in [-0.25, -0.2) is 0 Å². The summed E-state index contributed by atoms with van der Waals surface area (Å²) in [6, 6.07) is 8.09. The fraction of sp³-hybridized carbons (Fsp3) is 0.455. The Labute approximate surface area is 89.9 Å². The van der Waals surface area contributed by atoms with Crippen LogP contribution in [0.2, 0.25) is 5.02 Å². The summed E-state index contributed by atoms with van der Waals surface area (Å²) in [5.74, 6) is 0. The summed E-state index contributed by atoms with van der Waals surface area (Å²) >= 11 is 5.90. The lowest BCUT2D eigenvalue weighted by atomic mass is 10.0. The lowest BCUT2D eigenvalue weighted by Crippen LogP contribution is -2.23. The van der Waals surface area contributed by atoms with Crippen molar-refractivity contribution < 1.29 is 5.11 Å². The summed E-state index contributed by atoms with van der Waals surface area (Å²) in [5, 5.41) is 12.7. The van der Waals surface area contributed by atoms with Gasteiger partial charge in [0.2, 0.25) is 0 Å². The maximum atomic E-state index is 8.72. The van der Waals surface area contributed by atoms with Crippen LogP contribution in [0.3, 0.4) is 0 Å².